The molecule has 2 aliphatic carbocycles. The summed E-state index contributed by atoms with van der Waals surface area (Å²) in [7, 11) is 0. The normalized spacial score (nSPS) is 26.1. The maximum Gasteiger partial charge on any atom is 0.298 e. The highest BCUT2D eigenvalue weighted by molar-refractivity contribution is 6.04. The van der Waals surface area contributed by atoms with Gasteiger partial charge in [-0.05, 0) is 60.6 Å². The van der Waals surface area contributed by atoms with Crippen LogP contribution < -0.4 is 15.6 Å². The summed E-state index contributed by atoms with van der Waals surface area (Å²) in [5.74, 6) is 1.59. The van der Waals surface area contributed by atoms with Gasteiger partial charge in [0, 0.05) is 19.5 Å². The van der Waals surface area contributed by atoms with E-state index in [0.29, 0.717) is 30.7 Å². The van der Waals surface area contributed by atoms with Crippen molar-refractivity contribution in [1.82, 2.24) is 15.2 Å². The van der Waals surface area contributed by atoms with Gasteiger partial charge in [-0.1, -0.05) is 31.4 Å². The monoisotopic (exact) mass is 408 g/mol. The van der Waals surface area contributed by atoms with Gasteiger partial charge < -0.3 is 10.2 Å². The molecule has 2 atom stereocenters. The third kappa shape index (κ3) is 3.84. The van der Waals surface area contributed by atoms with Gasteiger partial charge in [-0.3, -0.25) is 9.59 Å². The van der Waals surface area contributed by atoms with Crippen molar-refractivity contribution in [3.63, 3.8) is 0 Å². The molecule has 1 radical (unpaired) electrons. The molecular weight excluding hydrogens is 376 g/mol. The third-order valence-electron chi connectivity index (χ3n) is 7.62. The SMILES string of the molecule is O=C(NCC1CC12CCCCC2)[C@@H]1CCCN1C(=O)CCC1=[N+]c2ccccc2N1. The van der Waals surface area contributed by atoms with Gasteiger partial charge in [0.25, 0.3) is 5.84 Å². The Bertz CT molecular complexity index is 859. The summed E-state index contributed by atoms with van der Waals surface area (Å²) in [5.41, 5.74) is 2.45. The van der Waals surface area contributed by atoms with Crippen molar-refractivity contribution >= 4 is 29.0 Å². The van der Waals surface area contributed by atoms with Gasteiger partial charge in [0.15, 0.2) is 5.69 Å². The lowest BCUT2D eigenvalue weighted by atomic mass is 9.84. The number of hydrogen-bond acceptors (Lipinski definition) is 4. The van der Waals surface area contributed by atoms with Gasteiger partial charge in [0.1, 0.15) is 6.04 Å². The van der Waals surface area contributed by atoms with E-state index in [9.17, 15) is 9.59 Å². The maximum atomic E-state index is 12.8. The number of carbonyl (C=O) groups is 2. The van der Waals surface area contributed by atoms with E-state index in [2.05, 4.69) is 15.6 Å². The summed E-state index contributed by atoms with van der Waals surface area (Å²) in [5, 5.41) is 6.47. The van der Waals surface area contributed by atoms with E-state index in [-0.39, 0.29) is 17.9 Å². The predicted molar refractivity (Wildman–Crippen MR) is 117 cm³/mol. The second-order valence-corrected chi connectivity index (χ2v) is 9.52. The number of hydrogen-bond donors (Lipinski definition) is 2. The minimum absolute atomic E-state index is 0.0439. The fraction of sp³-hybridized carbons (Fsp3) is 0.625. The zero-order valence-electron chi connectivity index (χ0n) is 17.7. The van der Waals surface area contributed by atoms with Crippen LogP contribution in [0.3, 0.4) is 0 Å². The summed E-state index contributed by atoms with van der Waals surface area (Å²) in [6.07, 6.45) is 10.7. The molecule has 30 heavy (non-hydrogen) atoms. The van der Waals surface area contributed by atoms with Gasteiger partial charge in [0.05, 0.1) is 6.42 Å². The highest BCUT2D eigenvalue weighted by atomic mass is 16.2. The zero-order chi connectivity index (χ0) is 20.6. The van der Waals surface area contributed by atoms with Crippen molar-refractivity contribution < 1.29 is 9.59 Å². The van der Waals surface area contributed by atoms with Crippen LogP contribution in [0.25, 0.3) is 0 Å². The lowest BCUT2D eigenvalue weighted by Crippen LogP contribution is -2.46. The Kier molecular flexibility index (Phi) is 5.25. The van der Waals surface area contributed by atoms with E-state index in [1.807, 2.05) is 24.3 Å². The lowest BCUT2D eigenvalue weighted by Gasteiger charge is -2.25. The molecule has 2 saturated carbocycles. The molecule has 2 amide bonds. The number of likely N-dealkylation sites (tertiary alicyclic amines) is 1. The Morgan fingerprint density at radius 2 is 2.00 bits per heavy atom. The van der Waals surface area contributed by atoms with Gasteiger partial charge in [-0.25, -0.2) is 5.32 Å². The molecule has 2 aliphatic heterocycles. The van der Waals surface area contributed by atoms with Crippen LogP contribution in [-0.4, -0.2) is 41.7 Å². The van der Waals surface area contributed by atoms with Gasteiger partial charge in [0.2, 0.25) is 17.5 Å². The smallest absolute Gasteiger partial charge is 0.298 e. The predicted octanol–water partition coefficient (Wildman–Crippen LogP) is 3.34. The number of amidine groups is 1. The summed E-state index contributed by atoms with van der Waals surface area (Å²) in [4.78, 5) is 32.0. The first-order valence-electron chi connectivity index (χ1n) is 11.7. The number of rotatable bonds is 6. The van der Waals surface area contributed by atoms with Crippen LogP contribution in [0.4, 0.5) is 11.4 Å². The summed E-state index contributed by atoms with van der Waals surface area (Å²) in [6.45, 7) is 1.47. The van der Waals surface area contributed by atoms with Crippen molar-refractivity contribution in [2.75, 3.05) is 18.4 Å². The second kappa shape index (κ2) is 8.05. The number of carbonyl (C=O) groups excluding carboxylic acids is 2. The molecule has 3 fully saturated rings. The molecule has 159 valence electrons. The van der Waals surface area contributed by atoms with E-state index < -0.39 is 0 Å². The Balaban J connectivity index is 1.10. The second-order valence-electron chi connectivity index (χ2n) is 9.52. The summed E-state index contributed by atoms with van der Waals surface area (Å²) >= 11 is 0. The number of benzene rings is 1. The van der Waals surface area contributed by atoms with Crippen molar-refractivity contribution in [1.29, 1.82) is 0 Å². The quantitative estimate of drug-likeness (QED) is 0.758. The molecule has 1 aromatic carbocycles. The van der Waals surface area contributed by atoms with Crippen LogP contribution in [0, 0.1) is 11.3 Å². The Labute approximate surface area is 178 Å². The van der Waals surface area contributed by atoms with Crippen molar-refractivity contribution in [2.24, 2.45) is 11.3 Å². The molecule has 4 aliphatic rings. The van der Waals surface area contributed by atoms with Crippen molar-refractivity contribution in [3.8, 4) is 0 Å². The largest absolute Gasteiger partial charge is 0.354 e. The molecule has 1 spiro atoms. The molecule has 0 bridgehead atoms. The van der Waals surface area contributed by atoms with Gasteiger partial charge in [-0.2, -0.15) is 0 Å². The number of fused-ring (bicyclic) bond motifs is 1. The van der Waals surface area contributed by atoms with E-state index in [0.717, 1.165) is 36.6 Å². The van der Waals surface area contributed by atoms with E-state index in [4.69, 9.17) is 0 Å². The molecule has 1 aromatic rings. The maximum absolute atomic E-state index is 12.8. The molecule has 2 N–H and O–H groups in total. The number of aliphatic imine (C=N–C) groups is 1. The van der Waals surface area contributed by atoms with Crippen LogP contribution in [0.5, 0.6) is 0 Å². The number of anilines is 1. The third-order valence-corrected chi connectivity index (χ3v) is 7.62. The Morgan fingerprint density at radius 1 is 1.17 bits per heavy atom. The van der Waals surface area contributed by atoms with Crippen molar-refractivity contribution in [2.45, 2.75) is 70.3 Å². The number of nitrogens with zero attached hydrogens (tertiary/aromatic N) is 2. The first-order chi connectivity index (χ1) is 14.6. The first kappa shape index (κ1) is 19.6. The molecular formula is C24H32N4O2+. The van der Waals surface area contributed by atoms with E-state index in [1.54, 1.807) is 4.90 Å². The van der Waals surface area contributed by atoms with Gasteiger partial charge in [-0.15, -0.1) is 0 Å². The standard InChI is InChI=1S/C24H32N4O2/c29-22(11-10-21-26-18-7-2-3-8-19(18)27-21)28-14-6-9-20(28)23(30)25-16-17-15-24(17)12-4-1-5-13-24/h2-3,7-8,17,20,26H,1,4-6,9-16H2,(H,25,30)/q+1/t17?,20-/m0/s1. The molecule has 1 saturated heterocycles. The topological polar surface area (TPSA) is 75.5 Å². The number of nitrogens with one attached hydrogen (secondary N) is 2. The molecule has 1 unspecified atom stereocenters. The first-order valence-corrected chi connectivity index (χ1v) is 11.7. The average Bonchev–Trinajstić information content (AvgIpc) is 3.15. The van der Waals surface area contributed by atoms with Gasteiger partial charge >= 0.3 is 0 Å². The molecule has 5 rings (SSSR count). The van der Waals surface area contributed by atoms with E-state index >= 15 is 0 Å². The van der Waals surface area contributed by atoms with Crippen LogP contribution in [0.1, 0.15) is 64.2 Å². The minimum atomic E-state index is -0.297. The molecule has 6 nitrogen and oxygen atoms in total. The zero-order valence-corrected chi connectivity index (χ0v) is 17.7. The number of para-hydroxylation sites is 2. The highest BCUT2D eigenvalue weighted by Gasteiger charge is 2.53. The van der Waals surface area contributed by atoms with Crippen molar-refractivity contribution in [3.05, 3.63) is 24.3 Å². The molecule has 0 aromatic heterocycles. The highest BCUT2D eigenvalue weighted by Crippen LogP contribution is 2.61. The fourth-order valence-electron chi connectivity index (χ4n) is 5.76. The molecule has 2 heterocycles. The minimum Gasteiger partial charge on any atom is -0.354 e. The number of amides is 2. The Morgan fingerprint density at radius 3 is 2.83 bits per heavy atom. The summed E-state index contributed by atoms with van der Waals surface area (Å²) in [6, 6.07) is 7.60. The molecule has 6 heteroatoms. The van der Waals surface area contributed by atoms with Crippen LogP contribution in [-0.2, 0) is 9.59 Å². The fourth-order valence-corrected chi connectivity index (χ4v) is 5.76. The lowest BCUT2D eigenvalue weighted by molar-refractivity contribution is -0.138. The Hall–Kier alpha value is -2.37. The van der Waals surface area contributed by atoms with Crippen LogP contribution in [0.2, 0.25) is 0 Å². The average molecular weight is 409 g/mol. The van der Waals surface area contributed by atoms with Crippen LogP contribution >= 0.6 is 0 Å². The van der Waals surface area contributed by atoms with E-state index in [1.165, 1.54) is 38.5 Å². The summed E-state index contributed by atoms with van der Waals surface area (Å²) < 4.78 is 0. The van der Waals surface area contributed by atoms with Crippen LogP contribution in [0.15, 0.2) is 24.3 Å².